The van der Waals surface area contributed by atoms with E-state index in [-0.39, 0.29) is 10.0 Å². The second kappa shape index (κ2) is 3.16. The highest BCUT2D eigenvalue weighted by Crippen LogP contribution is 2.32. The van der Waals surface area contributed by atoms with E-state index in [0.717, 1.165) is 11.3 Å². The Bertz CT molecular complexity index is 631. The zero-order valence-electron chi connectivity index (χ0n) is 7.76. The summed E-state index contributed by atoms with van der Waals surface area (Å²) in [6.07, 6.45) is 0. The molecule has 0 radical (unpaired) electrons. The molecular formula is C8H8N2O3S2. The number of fused-ring (bicyclic) bond motifs is 1. The third-order valence-corrected chi connectivity index (χ3v) is 4.07. The third-order valence-electron chi connectivity index (χ3n) is 1.98. The van der Waals surface area contributed by atoms with Crippen LogP contribution in [0.5, 0.6) is 0 Å². The van der Waals surface area contributed by atoms with Gasteiger partial charge in [-0.05, 0) is 18.6 Å². The van der Waals surface area contributed by atoms with Crippen molar-refractivity contribution in [1.29, 1.82) is 0 Å². The summed E-state index contributed by atoms with van der Waals surface area (Å²) in [6, 6.07) is 3.26. The Hall–Kier alpha value is -1.18. The number of anilines is 1. The Morgan fingerprint density at radius 3 is 2.73 bits per heavy atom. The summed E-state index contributed by atoms with van der Waals surface area (Å²) in [6.45, 7) is 1.61. The van der Waals surface area contributed by atoms with E-state index >= 15 is 0 Å². The molecule has 15 heavy (non-hydrogen) atoms. The first-order chi connectivity index (χ1) is 6.89. The monoisotopic (exact) mass is 244 g/mol. The fourth-order valence-electron chi connectivity index (χ4n) is 1.40. The molecule has 2 aromatic rings. The maximum absolute atomic E-state index is 11.2. The van der Waals surface area contributed by atoms with E-state index in [4.69, 9.17) is 10.3 Å². The normalized spacial score (nSPS) is 12.1. The second-order valence-corrected chi connectivity index (χ2v) is 5.48. The van der Waals surface area contributed by atoms with Crippen molar-refractivity contribution >= 4 is 36.8 Å². The van der Waals surface area contributed by atoms with Crippen molar-refractivity contribution in [3.05, 3.63) is 17.7 Å². The van der Waals surface area contributed by atoms with Crippen LogP contribution in [-0.4, -0.2) is 18.0 Å². The summed E-state index contributed by atoms with van der Waals surface area (Å²) >= 11 is 1.05. The van der Waals surface area contributed by atoms with Crippen molar-refractivity contribution in [2.45, 2.75) is 11.8 Å². The summed E-state index contributed by atoms with van der Waals surface area (Å²) in [7, 11) is -4.23. The van der Waals surface area contributed by atoms with Gasteiger partial charge in [-0.15, -0.1) is 0 Å². The molecule has 0 unspecified atom stereocenters. The van der Waals surface area contributed by atoms with Crippen LogP contribution in [-0.2, 0) is 10.1 Å². The molecule has 1 aromatic carbocycles. The molecule has 2 rings (SSSR count). The van der Waals surface area contributed by atoms with E-state index in [1.807, 2.05) is 0 Å². The van der Waals surface area contributed by atoms with Crippen LogP contribution in [0.4, 0.5) is 5.13 Å². The second-order valence-electron chi connectivity index (χ2n) is 3.09. The van der Waals surface area contributed by atoms with Gasteiger partial charge in [0.2, 0.25) is 0 Å². The summed E-state index contributed by atoms with van der Waals surface area (Å²) in [5, 5.41) is 0.278. The average molecular weight is 244 g/mol. The standard InChI is InChI=1S/C8H8N2O3S2/c1-4-2-3-5-6(14-8(9)10-5)7(4)15(11,12)13/h2-3H,1H3,(H2,9,10)(H,11,12,13). The lowest BCUT2D eigenvalue weighted by Crippen LogP contribution is -2.00. The zero-order valence-corrected chi connectivity index (χ0v) is 9.39. The molecule has 0 aliphatic carbocycles. The SMILES string of the molecule is Cc1ccc2nc(N)sc2c1S(=O)(=O)O. The molecule has 0 aliphatic rings. The third kappa shape index (κ3) is 1.69. The molecule has 0 saturated carbocycles. The Morgan fingerprint density at radius 2 is 2.13 bits per heavy atom. The number of hydrogen-bond donors (Lipinski definition) is 2. The Morgan fingerprint density at radius 1 is 1.47 bits per heavy atom. The predicted octanol–water partition coefficient (Wildman–Crippen LogP) is 1.43. The van der Waals surface area contributed by atoms with Crippen LogP contribution in [0.3, 0.4) is 0 Å². The van der Waals surface area contributed by atoms with Gasteiger partial charge in [-0.1, -0.05) is 17.4 Å². The van der Waals surface area contributed by atoms with Crippen molar-refractivity contribution < 1.29 is 13.0 Å². The molecule has 0 aliphatic heterocycles. The zero-order chi connectivity index (χ0) is 11.2. The lowest BCUT2D eigenvalue weighted by atomic mass is 10.2. The van der Waals surface area contributed by atoms with Crippen molar-refractivity contribution in [2.75, 3.05) is 5.73 Å². The fraction of sp³-hybridized carbons (Fsp3) is 0.125. The fourth-order valence-corrected chi connectivity index (χ4v) is 3.48. The van der Waals surface area contributed by atoms with Gasteiger partial charge < -0.3 is 5.73 Å². The van der Waals surface area contributed by atoms with Gasteiger partial charge >= 0.3 is 0 Å². The highest BCUT2D eigenvalue weighted by Gasteiger charge is 2.19. The van der Waals surface area contributed by atoms with Gasteiger partial charge in [-0.25, -0.2) is 4.98 Å². The molecule has 0 saturated heterocycles. The minimum atomic E-state index is -4.23. The number of hydrogen-bond acceptors (Lipinski definition) is 5. The number of benzene rings is 1. The molecule has 0 fully saturated rings. The van der Waals surface area contributed by atoms with E-state index in [2.05, 4.69) is 4.98 Å². The molecule has 0 bridgehead atoms. The maximum Gasteiger partial charge on any atom is 0.296 e. The van der Waals surface area contributed by atoms with Crippen molar-refractivity contribution in [3.8, 4) is 0 Å². The van der Waals surface area contributed by atoms with Crippen LogP contribution < -0.4 is 5.73 Å². The van der Waals surface area contributed by atoms with Gasteiger partial charge in [0.25, 0.3) is 10.1 Å². The van der Waals surface area contributed by atoms with E-state index in [1.165, 1.54) is 0 Å². The first kappa shape index (κ1) is 10.3. The summed E-state index contributed by atoms with van der Waals surface area (Å²) in [5.74, 6) is 0. The summed E-state index contributed by atoms with van der Waals surface area (Å²) < 4.78 is 31.8. The minimum Gasteiger partial charge on any atom is -0.375 e. The van der Waals surface area contributed by atoms with Crippen LogP contribution >= 0.6 is 11.3 Å². The number of aryl methyl sites for hydroxylation is 1. The molecule has 80 valence electrons. The molecule has 7 heteroatoms. The first-order valence-corrected chi connectivity index (χ1v) is 6.28. The van der Waals surface area contributed by atoms with E-state index < -0.39 is 10.1 Å². The lowest BCUT2D eigenvalue weighted by Gasteiger charge is -2.01. The summed E-state index contributed by atoms with van der Waals surface area (Å²) in [5.41, 5.74) is 6.45. The van der Waals surface area contributed by atoms with Crippen molar-refractivity contribution in [1.82, 2.24) is 4.98 Å². The van der Waals surface area contributed by atoms with Gasteiger partial charge in [0.1, 0.15) is 4.90 Å². The smallest absolute Gasteiger partial charge is 0.296 e. The van der Waals surface area contributed by atoms with Crippen molar-refractivity contribution in [2.24, 2.45) is 0 Å². The Balaban J connectivity index is 2.98. The van der Waals surface area contributed by atoms with Crippen LogP contribution in [0.2, 0.25) is 0 Å². The quantitative estimate of drug-likeness (QED) is 0.740. The number of nitrogens with zero attached hydrogens (tertiary/aromatic N) is 1. The maximum atomic E-state index is 11.2. The van der Waals surface area contributed by atoms with Gasteiger partial charge in [-0.3, -0.25) is 4.55 Å². The number of thiazole rings is 1. The molecule has 5 nitrogen and oxygen atoms in total. The first-order valence-electron chi connectivity index (χ1n) is 4.02. The molecule has 1 heterocycles. The number of rotatable bonds is 1. The summed E-state index contributed by atoms with van der Waals surface area (Å²) in [4.78, 5) is 3.85. The van der Waals surface area contributed by atoms with Gasteiger partial charge in [0, 0.05) is 0 Å². The largest absolute Gasteiger partial charge is 0.375 e. The molecule has 1 aromatic heterocycles. The topological polar surface area (TPSA) is 93.3 Å². The molecule has 0 atom stereocenters. The molecular weight excluding hydrogens is 236 g/mol. The Labute approximate surface area is 90.3 Å². The molecule has 0 amide bonds. The lowest BCUT2D eigenvalue weighted by molar-refractivity contribution is 0.484. The van der Waals surface area contributed by atoms with E-state index in [0.29, 0.717) is 15.8 Å². The van der Waals surface area contributed by atoms with Crippen LogP contribution in [0.1, 0.15) is 5.56 Å². The van der Waals surface area contributed by atoms with Crippen LogP contribution in [0, 0.1) is 6.92 Å². The van der Waals surface area contributed by atoms with Gasteiger partial charge in [-0.2, -0.15) is 8.42 Å². The minimum absolute atomic E-state index is 0.103. The predicted molar refractivity (Wildman–Crippen MR) is 58.6 cm³/mol. The van der Waals surface area contributed by atoms with E-state index in [9.17, 15) is 8.42 Å². The van der Waals surface area contributed by atoms with Crippen LogP contribution in [0.25, 0.3) is 10.2 Å². The number of nitrogens with two attached hydrogens (primary N) is 1. The highest BCUT2D eigenvalue weighted by molar-refractivity contribution is 7.86. The van der Waals surface area contributed by atoms with Gasteiger partial charge in [0.15, 0.2) is 5.13 Å². The van der Waals surface area contributed by atoms with E-state index in [1.54, 1.807) is 19.1 Å². The van der Waals surface area contributed by atoms with Crippen LogP contribution in [0.15, 0.2) is 17.0 Å². The van der Waals surface area contributed by atoms with Crippen molar-refractivity contribution in [3.63, 3.8) is 0 Å². The number of aromatic nitrogens is 1. The Kier molecular flexibility index (Phi) is 2.18. The highest BCUT2D eigenvalue weighted by atomic mass is 32.2. The number of nitrogen functional groups attached to an aromatic ring is 1. The molecule has 3 N–H and O–H groups in total. The molecule has 0 spiro atoms. The average Bonchev–Trinajstić information content (AvgIpc) is 2.41. The van der Waals surface area contributed by atoms with Gasteiger partial charge in [0.05, 0.1) is 10.2 Å².